The molecule has 2 rings (SSSR count). The molecule has 0 radical (unpaired) electrons. The fourth-order valence-corrected chi connectivity index (χ4v) is 1.74. The van der Waals surface area contributed by atoms with E-state index in [-0.39, 0.29) is 0 Å². The van der Waals surface area contributed by atoms with Crippen molar-refractivity contribution in [1.82, 2.24) is 9.55 Å². The van der Waals surface area contributed by atoms with E-state index in [1.165, 1.54) is 12.8 Å². The van der Waals surface area contributed by atoms with Gasteiger partial charge in [0.25, 0.3) is 0 Å². The van der Waals surface area contributed by atoms with Gasteiger partial charge >= 0.3 is 0 Å². The van der Waals surface area contributed by atoms with Gasteiger partial charge in [-0.05, 0) is 12.8 Å². The van der Waals surface area contributed by atoms with Crippen LogP contribution in [0.3, 0.4) is 0 Å². The highest BCUT2D eigenvalue weighted by Gasteiger charge is 2.30. The van der Waals surface area contributed by atoms with Crippen molar-refractivity contribution >= 4 is 17.5 Å². The minimum absolute atomic E-state index is 0.670. The SMILES string of the molecule is Cn1ccnc1N(CCCl)C1CC1. The van der Waals surface area contributed by atoms with Crippen LogP contribution in [0.15, 0.2) is 12.4 Å². The average molecular weight is 200 g/mol. The highest BCUT2D eigenvalue weighted by molar-refractivity contribution is 6.18. The molecule has 0 spiro atoms. The van der Waals surface area contributed by atoms with E-state index in [1.54, 1.807) is 0 Å². The molecule has 1 heterocycles. The third kappa shape index (κ3) is 1.80. The summed E-state index contributed by atoms with van der Waals surface area (Å²) in [5.74, 6) is 1.71. The van der Waals surface area contributed by atoms with Gasteiger partial charge in [-0.2, -0.15) is 0 Å². The maximum atomic E-state index is 5.76. The van der Waals surface area contributed by atoms with Crippen molar-refractivity contribution in [2.75, 3.05) is 17.3 Å². The van der Waals surface area contributed by atoms with Crippen LogP contribution in [0, 0.1) is 0 Å². The lowest BCUT2D eigenvalue weighted by atomic mass is 10.5. The molecule has 1 aromatic heterocycles. The third-order valence-electron chi connectivity index (χ3n) is 2.37. The minimum atomic E-state index is 0.670. The Morgan fingerprint density at radius 1 is 1.69 bits per heavy atom. The number of anilines is 1. The van der Waals surface area contributed by atoms with Crippen molar-refractivity contribution in [2.45, 2.75) is 18.9 Å². The van der Waals surface area contributed by atoms with Crippen LogP contribution >= 0.6 is 11.6 Å². The van der Waals surface area contributed by atoms with E-state index in [4.69, 9.17) is 11.6 Å². The molecule has 1 fully saturated rings. The number of aromatic nitrogens is 2. The Bertz CT molecular complexity index is 280. The second kappa shape index (κ2) is 3.58. The first-order chi connectivity index (χ1) is 6.33. The molecule has 0 saturated heterocycles. The van der Waals surface area contributed by atoms with E-state index in [9.17, 15) is 0 Å². The maximum Gasteiger partial charge on any atom is 0.205 e. The molecule has 0 unspecified atom stereocenters. The van der Waals surface area contributed by atoms with Crippen molar-refractivity contribution in [3.05, 3.63) is 12.4 Å². The van der Waals surface area contributed by atoms with E-state index >= 15 is 0 Å². The number of aryl methyl sites for hydroxylation is 1. The highest BCUT2D eigenvalue weighted by Crippen LogP contribution is 2.30. The van der Waals surface area contributed by atoms with Gasteiger partial charge in [0.05, 0.1) is 0 Å². The Morgan fingerprint density at radius 3 is 2.92 bits per heavy atom. The number of hydrogen-bond donors (Lipinski definition) is 0. The molecular weight excluding hydrogens is 186 g/mol. The molecule has 1 aliphatic rings. The van der Waals surface area contributed by atoms with E-state index in [0.29, 0.717) is 11.9 Å². The number of hydrogen-bond acceptors (Lipinski definition) is 2. The summed E-state index contributed by atoms with van der Waals surface area (Å²) < 4.78 is 2.05. The lowest BCUT2D eigenvalue weighted by Crippen LogP contribution is -2.30. The largest absolute Gasteiger partial charge is 0.338 e. The van der Waals surface area contributed by atoms with Crippen LogP contribution in [-0.4, -0.2) is 28.0 Å². The van der Waals surface area contributed by atoms with Gasteiger partial charge in [-0.1, -0.05) is 0 Å². The molecule has 1 aliphatic carbocycles. The van der Waals surface area contributed by atoms with Gasteiger partial charge in [0.1, 0.15) is 0 Å². The number of alkyl halides is 1. The fraction of sp³-hybridized carbons (Fsp3) is 0.667. The van der Waals surface area contributed by atoms with E-state index in [2.05, 4.69) is 9.88 Å². The standard InChI is InChI=1S/C9H14ClN3/c1-12-7-5-11-9(12)13(6-4-10)8-2-3-8/h5,7-8H,2-4,6H2,1H3. The van der Waals surface area contributed by atoms with Crippen LogP contribution in [0.4, 0.5) is 5.95 Å². The molecule has 1 saturated carbocycles. The van der Waals surface area contributed by atoms with Crippen LogP contribution in [0.5, 0.6) is 0 Å². The molecule has 4 heteroatoms. The van der Waals surface area contributed by atoms with Gasteiger partial charge in [0, 0.05) is 37.9 Å². The van der Waals surface area contributed by atoms with Crippen molar-refractivity contribution < 1.29 is 0 Å². The minimum Gasteiger partial charge on any atom is -0.338 e. The third-order valence-corrected chi connectivity index (χ3v) is 2.53. The summed E-state index contributed by atoms with van der Waals surface area (Å²) in [7, 11) is 2.02. The predicted molar refractivity (Wildman–Crippen MR) is 54.3 cm³/mol. The Kier molecular flexibility index (Phi) is 2.44. The second-order valence-electron chi connectivity index (χ2n) is 3.45. The molecule has 1 aromatic rings. The van der Waals surface area contributed by atoms with Crippen LogP contribution < -0.4 is 4.90 Å². The molecule has 0 N–H and O–H groups in total. The lowest BCUT2D eigenvalue weighted by molar-refractivity contribution is 0.752. The molecule has 0 aromatic carbocycles. The smallest absolute Gasteiger partial charge is 0.205 e. The van der Waals surface area contributed by atoms with Crippen molar-refractivity contribution in [1.29, 1.82) is 0 Å². The molecule has 0 aliphatic heterocycles. The summed E-state index contributed by atoms with van der Waals surface area (Å²) in [6.07, 6.45) is 6.37. The average Bonchev–Trinajstić information content (AvgIpc) is 2.86. The fourth-order valence-electron chi connectivity index (χ4n) is 1.56. The van der Waals surface area contributed by atoms with Crippen LogP contribution in [0.25, 0.3) is 0 Å². The first-order valence-corrected chi connectivity index (χ1v) is 5.16. The first kappa shape index (κ1) is 8.88. The van der Waals surface area contributed by atoms with Gasteiger partial charge < -0.3 is 9.47 Å². The molecule has 0 amide bonds. The first-order valence-electron chi connectivity index (χ1n) is 4.63. The van der Waals surface area contributed by atoms with Crippen LogP contribution in [0.1, 0.15) is 12.8 Å². The van der Waals surface area contributed by atoms with Gasteiger partial charge in [-0.15, -0.1) is 11.6 Å². The van der Waals surface area contributed by atoms with E-state index in [1.807, 2.05) is 24.0 Å². The number of imidazole rings is 1. The Hall–Kier alpha value is -0.700. The van der Waals surface area contributed by atoms with Crippen molar-refractivity contribution in [3.63, 3.8) is 0 Å². The summed E-state index contributed by atoms with van der Waals surface area (Å²) in [5.41, 5.74) is 0. The second-order valence-corrected chi connectivity index (χ2v) is 3.83. The van der Waals surface area contributed by atoms with Crippen LogP contribution in [0.2, 0.25) is 0 Å². The van der Waals surface area contributed by atoms with Gasteiger partial charge in [-0.3, -0.25) is 0 Å². The molecule has 0 bridgehead atoms. The Morgan fingerprint density at radius 2 is 2.46 bits per heavy atom. The predicted octanol–water partition coefficient (Wildman–Crippen LogP) is 1.63. The van der Waals surface area contributed by atoms with Gasteiger partial charge in [-0.25, -0.2) is 4.98 Å². The quantitative estimate of drug-likeness (QED) is 0.688. The monoisotopic (exact) mass is 199 g/mol. The van der Waals surface area contributed by atoms with Crippen molar-refractivity contribution in [3.8, 4) is 0 Å². The van der Waals surface area contributed by atoms with Gasteiger partial charge in [0.2, 0.25) is 5.95 Å². The zero-order chi connectivity index (χ0) is 9.26. The molecular formula is C9H14ClN3. The normalized spacial score (nSPS) is 16.2. The molecule has 13 heavy (non-hydrogen) atoms. The van der Waals surface area contributed by atoms with E-state index in [0.717, 1.165) is 12.5 Å². The van der Waals surface area contributed by atoms with Crippen LogP contribution in [-0.2, 0) is 7.05 Å². The van der Waals surface area contributed by atoms with E-state index < -0.39 is 0 Å². The highest BCUT2D eigenvalue weighted by atomic mass is 35.5. The summed E-state index contributed by atoms with van der Waals surface area (Å²) >= 11 is 5.76. The number of rotatable bonds is 4. The molecule has 3 nitrogen and oxygen atoms in total. The summed E-state index contributed by atoms with van der Waals surface area (Å²) in [5, 5.41) is 0. The molecule has 72 valence electrons. The summed E-state index contributed by atoms with van der Waals surface area (Å²) in [6.45, 7) is 0.900. The lowest BCUT2D eigenvalue weighted by Gasteiger charge is -2.21. The zero-order valence-corrected chi connectivity index (χ0v) is 8.54. The summed E-state index contributed by atoms with van der Waals surface area (Å²) in [6, 6.07) is 0.680. The zero-order valence-electron chi connectivity index (χ0n) is 7.78. The Labute approximate surface area is 83.3 Å². The van der Waals surface area contributed by atoms with Crippen molar-refractivity contribution in [2.24, 2.45) is 7.05 Å². The van der Waals surface area contributed by atoms with Gasteiger partial charge in [0.15, 0.2) is 0 Å². The maximum absolute atomic E-state index is 5.76. The molecule has 0 atom stereocenters. The number of nitrogens with zero attached hydrogens (tertiary/aromatic N) is 3. The number of halogens is 1. The Balaban J connectivity index is 2.14. The topological polar surface area (TPSA) is 21.1 Å². The summed E-state index contributed by atoms with van der Waals surface area (Å²) in [4.78, 5) is 6.62.